The van der Waals surface area contributed by atoms with Crippen molar-refractivity contribution in [3.8, 4) is 11.1 Å². The molecule has 0 unspecified atom stereocenters. The Morgan fingerprint density at radius 1 is 1.07 bits per heavy atom. The summed E-state index contributed by atoms with van der Waals surface area (Å²) in [5.41, 5.74) is 5.32. The first-order valence-electron chi connectivity index (χ1n) is 9.93. The molecule has 4 nitrogen and oxygen atoms in total. The molecule has 156 valence electrons. The maximum Gasteiger partial charge on any atom is 0.335 e. The molecule has 0 heterocycles. The standard InChI is InChI=1S/C25H26ClNO3/c1-16-12-21(25(29)30)10-11-23(16)19-8-6-18(7-9-19)13-17(2)27-15-24(28)20-4-3-5-22(26)14-20/h3-12,14,17,24,27-28H,13,15H2,1-2H3,(H,29,30)/t17-,24+/m1/s1. The zero-order valence-corrected chi connectivity index (χ0v) is 17.9. The van der Waals surface area contributed by atoms with Gasteiger partial charge < -0.3 is 15.5 Å². The summed E-state index contributed by atoms with van der Waals surface area (Å²) in [5, 5.41) is 23.5. The summed E-state index contributed by atoms with van der Waals surface area (Å²) in [5.74, 6) is -0.915. The van der Waals surface area contributed by atoms with E-state index >= 15 is 0 Å². The van der Waals surface area contributed by atoms with Crippen LogP contribution in [0, 0.1) is 6.92 Å². The number of nitrogens with one attached hydrogen (secondary N) is 1. The number of aryl methyl sites for hydroxylation is 1. The summed E-state index contributed by atoms with van der Waals surface area (Å²) in [7, 11) is 0. The van der Waals surface area contributed by atoms with Gasteiger partial charge >= 0.3 is 5.97 Å². The van der Waals surface area contributed by atoms with Crippen molar-refractivity contribution < 1.29 is 15.0 Å². The second kappa shape index (κ2) is 9.90. The van der Waals surface area contributed by atoms with Gasteiger partial charge in [-0.15, -0.1) is 0 Å². The van der Waals surface area contributed by atoms with Crippen LogP contribution in [0.25, 0.3) is 11.1 Å². The van der Waals surface area contributed by atoms with Gasteiger partial charge in [-0.1, -0.05) is 54.1 Å². The SMILES string of the molecule is Cc1cc(C(=O)O)ccc1-c1ccc(C[C@@H](C)NC[C@H](O)c2cccc(Cl)c2)cc1. The van der Waals surface area contributed by atoms with E-state index in [1.807, 2.05) is 25.1 Å². The molecule has 0 saturated carbocycles. The Bertz CT molecular complexity index is 1020. The maximum atomic E-state index is 11.1. The normalized spacial score (nSPS) is 13.1. The Morgan fingerprint density at radius 3 is 2.43 bits per heavy atom. The first-order chi connectivity index (χ1) is 14.3. The lowest BCUT2D eigenvalue weighted by atomic mass is 9.96. The van der Waals surface area contributed by atoms with Gasteiger partial charge in [-0.3, -0.25) is 0 Å². The zero-order chi connectivity index (χ0) is 21.7. The minimum atomic E-state index is -0.915. The smallest absolute Gasteiger partial charge is 0.335 e. The second-order valence-electron chi connectivity index (χ2n) is 7.62. The molecule has 0 aliphatic rings. The monoisotopic (exact) mass is 423 g/mol. The van der Waals surface area contributed by atoms with Crippen LogP contribution < -0.4 is 5.32 Å². The fourth-order valence-corrected chi connectivity index (χ4v) is 3.71. The molecule has 0 aliphatic carbocycles. The average Bonchev–Trinajstić information content (AvgIpc) is 2.72. The van der Waals surface area contributed by atoms with E-state index in [4.69, 9.17) is 16.7 Å². The summed E-state index contributed by atoms with van der Waals surface area (Å²) in [6.45, 7) is 4.47. The molecule has 3 N–H and O–H groups in total. The van der Waals surface area contributed by atoms with Crippen LogP contribution in [-0.2, 0) is 6.42 Å². The van der Waals surface area contributed by atoms with Crippen molar-refractivity contribution in [3.05, 3.63) is 94.0 Å². The second-order valence-corrected chi connectivity index (χ2v) is 8.05. The minimum Gasteiger partial charge on any atom is -0.478 e. The number of carboxylic acids is 1. The number of hydrogen-bond acceptors (Lipinski definition) is 3. The quantitative estimate of drug-likeness (QED) is 0.461. The number of hydrogen-bond donors (Lipinski definition) is 3. The zero-order valence-electron chi connectivity index (χ0n) is 17.1. The molecule has 3 rings (SSSR count). The highest BCUT2D eigenvalue weighted by Crippen LogP contribution is 2.25. The Hall–Kier alpha value is -2.66. The largest absolute Gasteiger partial charge is 0.478 e. The number of carboxylic acid groups (broad SMARTS) is 1. The molecule has 30 heavy (non-hydrogen) atoms. The highest BCUT2D eigenvalue weighted by Gasteiger charge is 2.11. The molecule has 3 aromatic rings. The van der Waals surface area contributed by atoms with Gasteiger partial charge in [0.1, 0.15) is 0 Å². The Labute approximate surface area is 182 Å². The van der Waals surface area contributed by atoms with Crippen LogP contribution in [0.5, 0.6) is 0 Å². The molecular weight excluding hydrogens is 398 g/mol. The van der Waals surface area contributed by atoms with Gasteiger partial charge in [0, 0.05) is 17.6 Å². The molecule has 0 aromatic heterocycles. The Balaban J connectivity index is 1.58. The van der Waals surface area contributed by atoms with Crippen molar-refractivity contribution in [2.75, 3.05) is 6.54 Å². The summed E-state index contributed by atoms with van der Waals surface area (Å²) >= 11 is 5.99. The number of halogens is 1. The molecule has 0 aliphatic heterocycles. The predicted octanol–water partition coefficient (Wildman–Crippen LogP) is 5.27. The van der Waals surface area contributed by atoms with E-state index in [1.54, 1.807) is 24.3 Å². The number of aromatic carboxylic acids is 1. The molecule has 2 atom stereocenters. The molecule has 5 heteroatoms. The van der Waals surface area contributed by atoms with Crippen molar-refractivity contribution in [2.45, 2.75) is 32.4 Å². The first-order valence-corrected chi connectivity index (χ1v) is 10.3. The van der Waals surface area contributed by atoms with Gasteiger partial charge in [-0.05, 0) is 72.4 Å². The van der Waals surface area contributed by atoms with Crippen LogP contribution in [0.4, 0.5) is 0 Å². The van der Waals surface area contributed by atoms with Gasteiger partial charge in [0.25, 0.3) is 0 Å². The summed E-state index contributed by atoms with van der Waals surface area (Å²) in [4.78, 5) is 11.1. The highest BCUT2D eigenvalue weighted by molar-refractivity contribution is 6.30. The molecule has 0 bridgehead atoms. The molecule has 0 fully saturated rings. The van der Waals surface area contributed by atoms with E-state index in [1.165, 1.54) is 5.56 Å². The Morgan fingerprint density at radius 2 is 1.80 bits per heavy atom. The van der Waals surface area contributed by atoms with Crippen molar-refractivity contribution in [1.29, 1.82) is 0 Å². The molecule has 3 aromatic carbocycles. The van der Waals surface area contributed by atoms with Crippen LogP contribution in [-0.4, -0.2) is 28.8 Å². The van der Waals surface area contributed by atoms with E-state index in [2.05, 4.69) is 36.5 Å². The number of aliphatic hydroxyl groups excluding tert-OH is 1. The van der Waals surface area contributed by atoms with Gasteiger partial charge in [0.15, 0.2) is 0 Å². The fourth-order valence-electron chi connectivity index (χ4n) is 3.51. The summed E-state index contributed by atoms with van der Waals surface area (Å²) < 4.78 is 0. The third-order valence-electron chi connectivity index (χ3n) is 5.17. The van der Waals surface area contributed by atoms with Crippen molar-refractivity contribution in [1.82, 2.24) is 5.32 Å². The van der Waals surface area contributed by atoms with Crippen LogP contribution >= 0.6 is 11.6 Å². The van der Waals surface area contributed by atoms with E-state index < -0.39 is 12.1 Å². The van der Waals surface area contributed by atoms with Crippen LogP contribution in [0.3, 0.4) is 0 Å². The third kappa shape index (κ3) is 5.70. The minimum absolute atomic E-state index is 0.196. The lowest BCUT2D eigenvalue weighted by Crippen LogP contribution is -2.32. The summed E-state index contributed by atoms with van der Waals surface area (Å²) in [6, 6.07) is 21.0. The van der Waals surface area contributed by atoms with Crippen LogP contribution in [0.15, 0.2) is 66.7 Å². The van der Waals surface area contributed by atoms with Gasteiger partial charge in [-0.25, -0.2) is 4.79 Å². The summed E-state index contributed by atoms with van der Waals surface area (Å²) in [6.07, 6.45) is 0.227. The van der Waals surface area contributed by atoms with Gasteiger partial charge in [0.2, 0.25) is 0 Å². The van der Waals surface area contributed by atoms with Crippen LogP contribution in [0.1, 0.15) is 40.1 Å². The Kier molecular flexibility index (Phi) is 7.27. The van der Waals surface area contributed by atoms with E-state index in [-0.39, 0.29) is 6.04 Å². The molecule has 0 amide bonds. The molecular formula is C25H26ClNO3. The highest BCUT2D eigenvalue weighted by atomic mass is 35.5. The number of benzene rings is 3. The van der Waals surface area contributed by atoms with E-state index in [0.29, 0.717) is 17.1 Å². The topological polar surface area (TPSA) is 69.6 Å². The van der Waals surface area contributed by atoms with E-state index in [0.717, 1.165) is 28.7 Å². The van der Waals surface area contributed by atoms with Crippen LogP contribution in [0.2, 0.25) is 5.02 Å². The lowest BCUT2D eigenvalue weighted by Gasteiger charge is -2.18. The van der Waals surface area contributed by atoms with Gasteiger partial charge in [0.05, 0.1) is 11.7 Å². The van der Waals surface area contributed by atoms with E-state index in [9.17, 15) is 9.90 Å². The lowest BCUT2D eigenvalue weighted by molar-refractivity contribution is 0.0697. The molecule has 0 spiro atoms. The molecule has 0 saturated heterocycles. The molecule has 0 radical (unpaired) electrons. The fraction of sp³-hybridized carbons (Fsp3) is 0.240. The first kappa shape index (κ1) is 22.0. The predicted molar refractivity (Wildman–Crippen MR) is 121 cm³/mol. The average molecular weight is 424 g/mol. The van der Waals surface area contributed by atoms with Gasteiger partial charge in [-0.2, -0.15) is 0 Å². The van der Waals surface area contributed by atoms with Crippen molar-refractivity contribution >= 4 is 17.6 Å². The third-order valence-corrected chi connectivity index (χ3v) is 5.41. The number of aliphatic hydroxyl groups is 1. The maximum absolute atomic E-state index is 11.1. The van der Waals surface area contributed by atoms with Crippen molar-refractivity contribution in [2.24, 2.45) is 0 Å². The van der Waals surface area contributed by atoms with Crippen molar-refractivity contribution in [3.63, 3.8) is 0 Å². The number of carbonyl (C=O) groups is 1. The number of rotatable bonds is 8.